The number of ether oxygens (including phenoxy) is 21. The van der Waals surface area contributed by atoms with Crippen LogP contribution in [-0.4, -0.2) is 587 Å². The van der Waals surface area contributed by atoms with Gasteiger partial charge in [-0.2, -0.15) is 0 Å². The fourth-order valence-corrected chi connectivity index (χ4v) is 19.4. The lowest BCUT2D eigenvalue weighted by molar-refractivity contribution is -0.400. The molecular formula is C84H144N4O55. The van der Waals surface area contributed by atoms with Crippen molar-refractivity contribution in [3.8, 4) is 0 Å². The van der Waals surface area contributed by atoms with Crippen molar-refractivity contribution >= 4 is 23.6 Å². The van der Waals surface area contributed by atoms with Crippen molar-refractivity contribution in [3.63, 3.8) is 0 Å². The molecular weight excluding hydrogens is 1940 g/mol. The fourth-order valence-electron chi connectivity index (χ4n) is 19.4. The lowest BCUT2D eigenvalue weighted by Crippen LogP contribution is -2.71. The van der Waals surface area contributed by atoms with Gasteiger partial charge in [0.2, 0.25) is 23.6 Å². The predicted molar refractivity (Wildman–Crippen MR) is 454 cm³/mol. The molecule has 0 radical (unpaired) electrons. The third-order valence-corrected chi connectivity index (χ3v) is 27.4. The zero-order valence-corrected chi connectivity index (χ0v) is 79.2. The van der Waals surface area contributed by atoms with Crippen LogP contribution < -0.4 is 21.3 Å². The van der Waals surface area contributed by atoms with Gasteiger partial charge in [0.05, 0.1) is 109 Å². The highest BCUT2D eigenvalue weighted by atomic mass is 16.8. The van der Waals surface area contributed by atoms with E-state index in [1.54, 1.807) is 20.8 Å². The molecule has 11 rings (SSSR count). The van der Waals surface area contributed by atoms with Crippen molar-refractivity contribution in [3.05, 3.63) is 0 Å². The summed E-state index contributed by atoms with van der Waals surface area (Å²) in [5.41, 5.74) is -0.863. The van der Waals surface area contributed by atoms with E-state index in [1.165, 1.54) is 13.8 Å². The largest absolute Gasteiger partial charge is 0.394 e. The summed E-state index contributed by atoms with van der Waals surface area (Å²) >= 11 is 0. The molecule has 0 aliphatic carbocycles. The van der Waals surface area contributed by atoms with E-state index in [0.29, 0.717) is 0 Å². The molecule has 11 saturated heterocycles. The van der Waals surface area contributed by atoms with Crippen LogP contribution >= 0.6 is 0 Å². The Hall–Kier alpha value is -4.16. The van der Waals surface area contributed by atoms with E-state index in [9.17, 15) is 172 Å². The van der Waals surface area contributed by atoms with E-state index in [-0.39, 0.29) is 0 Å². The first kappa shape index (κ1) is 119. The Balaban J connectivity index is 0.901. The monoisotopic (exact) mass is 2090 g/mol. The minimum absolute atomic E-state index is 0.400. The van der Waals surface area contributed by atoms with Gasteiger partial charge in [-0.25, -0.2) is 0 Å². The molecule has 57 atom stereocenters. The fraction of sp³-hybridized carbons (Fsp3) is 0.952. The minimum Gasteiger partial charge on any atom is -0.394 e. The number of rotatable bonds is 39. The van der Waals surface area contributed by atoms with Crippen molar-refractivity contribution in [1.29, 1.82) is 0 Å². The summed E-state index contributed by atoms with van der Waals surface area (Å²) in [5.74, 6) is -5.42. The third kappa shape index (κ3) is 27.0. The normalized spacial score (nSPS) is 47.4. The van der Waals surface area contributed by atoms with Gasteiger partial charge in [0.1, 0.15) is 238 Å². The third-order valence-electron chi connectivity index (χ3n) is 27.4. The molecule has 830 valence electrons. The van der Waals surface area contributed by atoms with Crippen molar-refractivity contribution < 1.29 is 272 Å². The summed E-state index contributed by atoms with van der Waals surface area (Å²) in [4.78, 5) is 52.6. The van der Waals surface area contributed by atoms with Crippen LogP contribution in [0.4, 0.5) is 0 Å². The summed E-state index contributed by atoms with van der Waals surface area (Å²) in [6.45, 7) is -0.268. The number of amides is 4. The van der Waals surface area contributed by atoms with Gasteiger partial charge < -0.3 is 274 Å². The molecule has 0 spiro atoms. The standard InChI is InChI=1S/C84H144N4O55/c1-23-29(103)10-42(133-64(23)48(107)31(105)12-89)135-70-52(111)35(16-93)125-79(61(70)120)138-67-39(20-97)130-77(46(57(67)116)87-27(5)101)142-73-59(118)50(109)33(14-91)127-82(73)123-22-41-54(113)72(63(122)81(132-41)140-69-38(19-96)129-76(45(56(69)115)86-26(4)100)137-66-37(18-95)124-75(84(7,8)9)44(55(66)114)85-25(3)99)141-83-74(60(119)51(110)34(15-92)128-83)143-78-47(88-28(6)102)58(117)68(40(21-98)131-78)139-80-62(121)71(53(112)36(17-94)126-80)136-43-11-30(104)24(2)65(134-43)49(108)32(106)13-90/h23-24,29-83,89-98,103-122H,10-22H2,1-9H3,(H,85,99)(H,86,100)(H,87,101)(H,88,102)/t23-,24-,29-,30-,31-,32-,33?,34?,35?,36?,37?,38?,39?,40?,41?,42-,43-,44+,45+,46+,47+,48-,49-,50-,51-,52+,53+,54-,55?,56?,57?,58?,59?,60?,61+,62+,63-,64?,65?,66-,67-,68-,69-,70?,71?,72?,73-,74?,75-,76+,77+,78+,79+,80+,81+,82+,83-/m1/s1. The summed E-state index contributed by atoms with van der Waals surface area (Å²) < 4.78 is 128. The number of hydrogen-bond donors (Lipinski definition) is 34. The molecule has 0 bridgehead atoms. The average molecular weight is 2090 g/mol. The van der Waals surface area contributed by atoms with Crippen LogP contribution in [0.15, 0.2) is 0 Å². The number of carbonyl (C=O) groups excluding carboxylic acids is 4. The topological polar surface area (TPSA) is 917 Å². The van der Waals surface area contributed by atoms with E-state index in [1.807, 2.05) is 0 Å². The maximum Gasteiger partial charge on any atom is 0.217 e. The van der Waals surface area contributed by atoms with Crippen molar-refractivity contribution in [2.45, 2.75) is 412 Å². The molecule has 11 heterocycles. The zero-order chi connectivity index (χ0) is 106. The van der Waals surface area contributed by atoms with Gasteiger partial charge >= 0.3 is 0 Å². The number of nitrogens with one attached hydrogen (secondary N) is 4. The van der Waals surface area contributed by atoms with Crippen LogP contribution in [0.5, 0.6) is 0 Å². The average Bonchev–Trinajstić information content (AvgIpc) is 0.772. The summed E-state index contributed by atoms with van der Waals surface area (Å²) in [6, 6.07) is -7.29. The lowest BCUT2D eigenvalue weighted by atomic mass is 9.78. The maximum atomic E-state index is 13.3. The molecule has 59 heteroatoms. The van der Waals surface area contributed by atoms with Crippen molar-refractivity contribution in [1.82, 2.24) is 21.3 Å². The molecule has 4 amide bonds. The summed E-state index contributed by atoms with van der Waals surface area (Å²) in [6.07, 6.45) is -104. The highest BCUT2D eigenvalue weighted by molar-refractivity contribution is 5.74. The highest BCUT2D eigenvalue weighted by Crippen LogP contribution is 2.44. The van der Waals surface area contributed by atoms with Crippen molar-refractivity contribution in [2.75, 3.05) is 72.7 Å². The first-order valence-corrected chi connectivity index (χ1v) is 47.0. The first-order valence-electron chi connectivity index (χ1n) is 47.0. The minimum atomic E-state index is -2.63. The van der Waals surface area contributed by atoms with Gasteiger partial charge in [-0.3, -0.25) is 19.2 Å². The van der Waals surface area contributed by atoms with Gasteiger partial charge in [0.25, 0.3) is 0 Å². The molecule has 0 aromatic rings. The second kappa shape index (κ2) is 52.0. The Morgan fingerprint density at radius 1 is 0.287 bits per heavy atom. The van der Waals surface area contributed by atoms with Crippen LogP contribution in [-0.2, 0) is 119 Å². The number of hydrogen-bond acceptors (Lipinski definition) is 55. The smallest absolute Gasteiger partial charge is 0.217 e. The SMILES string of the molecule is CC(=O)N[C@H]1C(O)[C@H](O[C@@H]2OC(CO)[C@H](O)C(O[C@@H]3C[C@@H](O)[C@@H](C)C([C@H](O)[C@H](O)CO)O3)[C@@H]2O)C(CO)O[C@H]1OC1C(O)[C@H](O)C(CO)O[C@@H]1OC1[C@H](O)C(CO[C@H]2OC(CO)[C@@H](O)C(O)[C@H]2O[C@@H]2OC(CO)[C@@H](O[C@@H]3OC(CO)[C@H](O)C(O[C@@H]4C[C@@H](O)[C@@H](C)C([C@H](O)[C@H](O)CO)O4)[C@@H]3O)C(O)[C@@H]2NC(C)=O)O[C@@H](O[C@@H]2C(CO)O[C@@H](O[C@@H]3C(CO)O[C@@H](C(C)(C)C)[C@@H](NC(C)=O)C3O)[C@@H](NC(C)=O)C2O)[C@@H]1O. The van der Waals surface area contributed by atoms with Crippen LogP contribution in [0.1, 0.15) is 75.2 Å². The predicted octanol–water partition coefficient (Wildman–Crippen LogP) is -20.3. The molecule has 21 unspecified atom stereocenters. The van der Waals surface area contributed by atoms with Gasteiger partial charge in [-0.15, -0.1) is 0 Å². The molecule has 11 fully saturated rings. The van der Waals surface area contributed by atoms with Gasteiger partial charge in [-0.05, 0) is 5.41 Å². The van der Waals surface area contributed by atoms with E-state index in [2.05, 4.69) is 21.3 Å². The van der Waals surface area contributed by atoms with Crippen molar-refractivity contribution in [2.24, 2.45) is 17.3 Å². The second-order valence-corrected chi connectivity index (χ2v) is 38.6. The number of aliphatic hydroxyl groups is 30. The van der Waals surface area contributed by atoms with Gasteiger partial charge in [-0.1, -0.05) is 34.6 Å². The molecule has 0 saturated carbocycles. The zero-order valence-electron chi connectivity index (χ0n) is 79.2. The maximum absolute atomic E-state index is 13.3. The molecule has 0 aromatic carbocycles. The lowest BCUT2D eigenvalue weighted by Gasteiger charge is -2.52. The molecule has 34 N–H and O–H groups in total. The first-order chi connectivity index (χ1) is 67.5. The quantitative estimate of drug-likeness (QED) is 0.0272. The molecule has 59 nitrogen and oxygen atoms in total. The summed E-state index contributed by atoms with van der Waals surface area (Å²) in [5, 5.41) is 350. The number of aliphatic hydroxyl groups excluding tert-OH is 30. The van der Waals surface area contributed by atoms with Crippen LogP contribution in [0.3, 0.4) is 0 Å². The summed E-state index contributed by atoms with van der Waals surface area (Å²) in [7, 11) is 0. The van der Waals surface area contributed by atoms with E-state index < -0.39 is 464 Å². The Kier molecular flexibility index (Phi) is 43.3. The molecule has 143 heavy (non-hydrogen) atoms. The van der Waals surface area contributed by atoms with Gasteiger partial charge in [0, 0.05) is 52.4 Å². The van der Waals surface area contributed by atoms with Gasteiger partial charge in [0.15, 0.2) is 62.9 Å². The Labute approximate surface area is 816 Å². The Morgan fingerprint density at radius 2 is 0.545 bits per heavy atom. The van der Waals surface area contributed by atoms with Crippen LogP contribution in [0.2, 0.25) is 0 Å². The highest BCUT2D eigenvalue weighted by Gasteiger charge is 2.63. The van der Waals surface area contributed by atoms with E-state index >= 15 is 0 Å². The Morgan fingerprint density at radius 3 is 0.874 bits per heavy atom. The Bertz CT molecular complexity index is 3910. The molecule has 11 aliphatic heterocycles. The van der Waals surface area contributed by atoms with E-state index in [4.69, 9.17) is 99.5 Å². The van der Waals surface area contributed by atoms with Crippen LogP contribution in [0.25, 0.3) is 0 Å². The van der Waals surface area contributed by atoms with Crippen LogP contribution in [0, 0.1) is 17.3 Å². The second-order valence-electron chi connectivity index (χ2n) is 38.6. The molecule has 0 aromatic heterocycles. The number of carbonyl (C=O) groups is 4. The van der Waals surface area contributed by atoms with E-state index in [0.717, 1.165) is 27.7 Å². The molecule has 11 aliphatic rings.